The van der Waals surface area contributed by atoms with Crippen molar-refractivity contribution in [2.75, 3.05) is 52.4 Å². The molecule has 7 heteroatoms. The number of nitrogens with two attached hydrogens (primary N) is 1. The molecule has 2 N–H and O–H groups in total. The molecule has 2 aliphatic rings. The first-order chi connectivity index (χ1) is 12.3. The highest BCUT2D eigenvalue weighted by atomic mass is 16.6. The first-order valence-corrected chi connectivity index (χ1v) is 10.1. The molecular weight excluding hydrogens is 330 g/mol. The molecule has 2 aliphatic heterocycles. The Hall–Kier alpha value is -1.50. The molecule has 0 aromatic rings. The van der Waals surface area contributed by atoms with Crippen LogP contribution in [0.25, 0.3) is 0 Å². The molecule has 7 nitrogen and oxygen atoms in total. The number of amides is 1. The van der Waals surface area contributed by atoms with E-state index in [9.17, 15) is 4.79 Å². The maximum absolute atomic E-state index is 12.1. The van der Waals surface area contributed by atoms with Crippen molar-refractivity contribution in [1.82, 2.24) is 14.7 Å². The molecule has 2 heterocycles. The van der Waals surface area contributed by atoms with Crippen LogP contribution >= 0.6 is 0 Å². The lowest BCUT2D eigenvalue weighted by Gasteiger charge is -2.35. The third kappa shape index (κ3) is 7.40. The normalized spacial score (nSPS) is 20.8. The number of rotatable bonds is 4. The van der Waals surface area contributed by atoms with Crippen LogP contribution in [0.1, 0.15) is 52.9 Å². The van der Waals surface area contributed by atoms with Crippen LogP contribution in [0.4, 0.5) is 4.79 Å². The second-order valence-electron chi connectivity index (χ2n) is 8.30. The summed E-state index contributed by atoms with van der Waals surface area (Å²) in [6, 6.07) is 0. The number of likely N-dealkylation sites (tertiary alicyclic amines) is 1. The average molecular weight is 368 g/mol. The predicted octanol–water partition coefficient (Wildman–Crippen LogP) is 2.12. The molecule has 2 fully saturated rings. The largest absolute Gasteiger partial charge is 0.444 e. The fourth-order valence-electron chi connectivity index (χ4n) is 3.37. The Bertz CT molecular complexity index is 459. The molecule has 0 aromatic carbocycles. The van der Waals surface area contributed by atoms with E-state index in [1.165, 1.54) is 25.7 Å². The zero-order chi connectivity index (χ0) is 19.0. The van der Waals surface area contributed by atoms with Gasteiger partial charge in [0.2, 0.25) is 0 Å². The van der Waals surface area contributed by atoms with Gasteiger partial charge in [0.25, 0.3) is 0 Å². The van der Waals surface area contributed by atoms with Crippen molar-refractivity contribution < 1.29 is 9.53 Å². The quantitative estimate of drug-likeness (QED) is 0.468. The van der Waals surface area contributed by atoms with Gasteiger partial charge in [0.15, 0.2) is 5.96 Å². The molecule has 0 saturated carbocycles. The summed E-state index contributed by atoms with van der Waals surface area (Å²) in [4.78, 5) is 23.1. The second-order valence-corrected chi connectivity index (χ2v) is 8.30. The van der Waals surface area contributed by atoms with Gasteiger partial charge >= 0.3 is 6.09 Å². The van der Waals surface area contributed by atoms with Gasteiger partial charge in [-0.1, -0.05) is 12.8 Å². The number of aliphatic imine (C=N–C) groups is 1. The summed E-state index contributed by atoms with van der Waals surface area (Å²) in [6.45, 7) is 12.8. The van der Waals surface area contributed by atoms with Crippen molar-refractivity contribution in [1.29, 1.82) is 0 Å². The van der Waals surface area contributed by atoms with Crippen molar-refractivity contribution in [3.63, 3.8) is 0 Å². The summed E-state index contributed by atoms with van der Waals surface area (Å²) in [5.74, 6) is 0.710. The van der Waals surface area contributed by atoms with Crippen molar-refractivity contribution in [2.45, 2.75) is 58.5 Å². The van der Waals surface area contributed by atoms with Crippen LogP contribution in [0, 0.1) is 0 Å². The Morgan fingerprint density at radius 3 is 2.15 bits per heavy atom. The minimum absolute atomic E-state index is 0.202. The average Bonchev–Trinajstić information content (AvgIpc) is 2.87. The Morgan fingerprint density at radius 2 is 1.58 bits per heavy atom. The number of carbonyl (C=O) groups is 1. The van der Waals surface area contributed by atoms with Crippen LogP contribution in [-0.2, 0) is 4.74 Å². The van der Waals surface area contributed by atoms with Crippen LogP contribution in [0.15, 0.2) is 4.99 Å². The van der Waals surface area contributed by atoms with Gasteiger partial charge in [0.05, 0.1) is 0 Å². The van der Waals surface area contributed by atoms with Crippen LogP contribution in [-0.4, -0.2) is 84.7 Å². The number of ether oxygens (including phenoxy) is 1. The number of hydrogen-bond donors (Lipinski definition) is 1. The summed E-state index contributed by atoms with van der Waals surface area (Å²) < 4.78 is 5.44. The Labute approximate surface area is 158 Å². The molecule has 0 spiro atoms. The van der Waals surface area contributed by atoms with Gasteiger partial charge in [0, 0.05) is 52.4 Å². The van der Waals surface area contributed by atoms with E-state index in [2.05, 4.69) is 14.8 Å². The Morgan fingerprint density at radius 1 is 0.962 bits per heavy atom. The molecule has 150 valence electrons. The topological polar surface area (TPSA) is 74.4 Å². The maximum Gasteiger partial charge on any atom is 0.410 e. The fraction of sp³-hybridized carbons (Fsp3) is 0.895. The van der Waals surface area contributed by atoms with Gasteiger partial charge in [-0.25, -0.2) is 4.79 Å². The van der Waals surface area contributed by atoms with Crippen LogP contribution in [0.5, 0.6) is 0 Å². The summed E-state index contributed by atoms with van der Waals surface area (Å²) in [5, 5.41) is 0. The zero-order valence-electron chi connectivity index (χ0n) is 16.9. The molecule has 2 saturated heterocycles. The number of nitrogens with zero attached hydrogens (tertiary/aromatic N) is 4. The highest BCUT2D eigenvalue weighted by Gasteiger charge is 2.25. The molecule has 1 amide bonds. The van der Waals surface area contributed by atoms with Gasteiger partial charge in [0.1, 0.15) is 5.60 Å². The lowest BCUT2D eigenvalue weighted by atomic mass is 10.2. The van der Waals surface area contributed by atoms with E-state index in [4.69, 9.17) is 10.5 Å². The van der Waals surface area contributed by atoms with E-state index in [0.717, 1.165) is 58.8 Å². The molecule has 0 aliphatic carbocycles. The summed E-state index contributed by atoms with van der Waals surface area (Å²) in [6.07, 6.45) is 5.85. The first kappa shape index (κ1) is 20.8. The molecule has 0 bridgehead atoms. The van der Waals surface area contributed by atoms with Crippen molar-refractivity contribution in [3.8, 4) is 0 Å². The first-order valence-electron chi connectivity index (χ1n) is 10.1. The van der Waals surface area contributed by atoms with E-state index in [0.29, 0.717) is 5.96 Å². The third-order valence-corrected chi connectivity index (χ3v) is 4.86. The highest BCUT2D eigenvalue weighted by molar-refractivity contribution is 5.78. The molecule has 2 rings (SSSR count). The highest BCUT2D eigenvalue weighted by Crippen LogP contribution is 2.12. The molecule has 0 aromatic heterocycles. The Balaban J connectivity index is 1.62. The third-order valence-electron chi connectivity index (χ3n) is 4.86. The Kier molecular flexibility index (Phi) is 8.00. The SMILES string of the molecule is CC(C)(C)OC(=O)N1CCN(CCCN=C(N)N2CCCCCC2)CC1. The minimum atomic E-state index is -0.431. The minimum Gasteiger partial charge on any atom is -0.444 e. The summed E-state index contributed by atoms with van der Waals surface area (Å²) in [5.41, 5.74) is 5.71. The number of hydrogen-bond acceptors (Lipinski definition) is 4. The molecule has 26 heavy (non-hydrogen) atoms. The molecular formula is C19H37N5O2. The van der Waals surface area contributed by atoms with E-state index >= 15 is 0 Å². The van der Waals surface area contributed by atoms with Gasteiger partial charge in [-0.2, -0.15) is 0 Å². The van der Waals surface area contributed by atoms with E-state index in [1.807, 2.05) is 20.8 Å². The van der Waals surface area contributed by atoms with Crippen molar-refractivity contribution in [3.05, 3.63) is 0 Å². The smallest absolute Gasteiger partial charge is 0.410 e. The fourth-order valence-corrected chi connectivity index (χ4v) is 3.37. The zero-order valence-corrected chi connectivity index (χ0v) is 16.9. The lowest BCUT2D eigenvalue weighted by molar-refractivity contribution is 0.0145. The van der Waals surface area contributed by atoms with Crippen LogP contribution in [0.3, 0.4) is 0 Å². The van der Waals surface area contributed by atoms with Gasteiger partial charge in [-0.15, -0.1) is 0 Å². The van der Waals surface area contributed by atoms with Crippen LogP contribution in [0.2, 0.25) is 0 Å². The van der Waals surface area contributed by atoms with Crippen molar-refractivity contribution >= 4 is 12.1 Å². The lowest BCUT2D eigenvalue weighted by Crippen LogP contribution is -2.50. The second kappa shape index (κ2) is 10.00. The number of guanidine groups is 1. The standard InChI is InChI=1S/C19H37N5O2/c1-19(2,3)26-18(25)24-15-13-22(14-16-24)10-8-9-21-17(20)23-11-6-4-5-7-12-23/h4-16H2,1-3H3,(H2,20,21). The molecule has 0 unspecified atom stereocenters. The van der Waals surface area contributed by atoms with Crippen LogP contribution < -0.4 is 5.73 Å². The van der Waals surface area contributed by atoms with Gasteiger partial charge in [-0.3, -0.25) is 9.89 Å². The number of piperazine rings is 1. The van der Waals surface area contributed by atoms with E-state index in [-0.39, 0.29) is 6.09 Å². The van der Waals surface area contributed by atoms with Gasteiger partial charge < -0.3 is 20.3 Å². The van der Waals surface area contributed by atoms with Crippen molar-refractivity contribution in [2.24, 2.45) is 10.7 Å². The van der Waals surface area contributed by atoms with E-state index in [1.54, 1.807) is 4.90 Å². The molecule has 0 radical (unpaired) electrons. The monoisotopic (exact) mass is 367 g/mol. The summed E-state index contributed by atoms with van der Waals surface area (Å²) in [7, 11) is 0. The maximum atomic E-state index is 12.1. The summed E-state index contributed by atoms with van der Waals surface area (Å²) >= 11 is 0. The molecule has 0 atom stereocenters. The predicted molar refractivity (Wildman–Crippen MR) is 105 cm³/mol. The van der Waals surface area contributed by atoms with E-state index < -0.39 is 5.60 Å². The number of carbonyl (C=O) groups excluding carboxylic acids is 1. The van der Waals surface area contributed by atoms with Gasteiger partial charge in [-0.05, 0) is 40.0 Å².